The number of hydrogen-bond donors (Lipinski definition) is 2. The maximum atomic E-state index is 12.1. The van der Waals surface area contributed by atoms with E-state index >= 15 is 0 Å². The molecule has 2 N–H and O–H groups in total. The fourth-order valence-corrected chi connectivity index (χ4v) is 9.16. The number of rotatable bonds is 4. The highest BCUT2D eigenvalue weighted by Gasteiger charge is 2.76. The second-order valence-corrected chi connectivity index (χ2v) is 11.6. The first-order valence-corrected chi connectivity index (χ1v) is 12.1. The summed E-state index contributed by atoms with van der Waals surface area (Å²) in [6, 6.07) is 0. The molecule has 6 aliphatic carbocycles. The summed E-state index contributed by atoms with van der Waals surface area (Å²) < 4.78 is 4.83. The van der Waals surface area contributed by atoms with Crippen LogP contribution in [0.3, 0.4) is 0 Å². The van der Waals surface area contributed by atoms with Crippen molar-refractivity contribution in [1.82, 2.24) is 0 Å². The van der Waals surface area contributed by atoms with Crippen LogP contribution in [0, 0.1) is 52.8 Å². The minimum absolute atomic E-state index is 0.0924. The smallest absolute Gasteiger partial charge is 0.450 e. The standard InChI is InChI=1S/C25H34O5/c1-24-7-6-17-16-5-4-15(26)10-14(16)11-18(13-2-3-13)21(17)22(24)19-12-20(19)25(24,29)8-9-30-23(27)28/h10,13,16-22,29H,2-9,11-12H2,1H3,(H,27,28)/t16-,17+,18+,19-,20+,21-,22-,24-,25-/m0/s1. The normalized spacial score (nSPS) is 51.2. The van der Waals surface area contributed by atoms with Crippen molar-refractivity contribution < 1.29 is 24.5 Å². The van der Waals surface area contributed by atoms with Crippen molar-refractivity contribution >= 4 is 11.9 Å². The molecule has 164 valence electrons. The van der Waals surface area contributed by atoms with E-state index in [9.17, 15) is 14.7 Å². The monoisotopic (exact) mass is 414 g/mol. The Balaban J connectivity index is 1.34. The molecule has 0 amide bonds. The number of carbonyl (C=O) groups is 2. The second-order valence-electron chi connectivity index (χ2n) is 11.6. The third-order valence-corrected chi connectivity index (χ3v) is 10.5. The van der Waals surface area contributed by atoms with Crippen LogP contribution in [-0.4, -0.2) is 34.4 Å². The summed E-state index contributed by atoms with van der Waals surface area (Å²) in [5.41, 5.74) is 0.515. The molecule has 6 aliphatic rings. The van der Waals surface area contributed by atoms with Gasteiger partial charge in [0.1, 0.15) is 0 Å². The molecule has 0 heterocycles. The molecule has 0 aromatic heterocycles. The van der Waals surface area contributed by atoms with Gasteiger partial charge in [0.2, 0.25) is 0 Å². The second kappa shape index (κ2) is 6.34. The SMILES string of the molecule is C[C@]12CC[C@H]3[C@H]([C@@H]1[C@H]1C[C@H]1[C@@]2(O)CCOC(=O)O)[C@@H](C1CC1)CC1=CC(=O)CC[C@@H]13. The summed E-state index contributed by atoms with van der Waals surface area (Å²) in [7, 11) is 0. The molecule has 0 saturated heterocycles. The van der Waals surface area contributed by atoms with Crippen LogP contribution in [0.1, 0.15) is 64.7 Å². The summed E-state index contributed by atoms with van der Waals surface area (Å²) in [5.74, 6) is 5.16. The summed E-state index contributed by atoms with van der Waals surface area (Å²) in [6.45, 7) is 2.40. The molecule has 6 rings (SSSR count). The molecule has 0 aliphatic heterocycles. The van der Waals surface area contributed by atoms with Gasteiger partial charge in [0, 0.05) is 18.3 Å². The Morgan fingerprint density at radius 3 is 2.73 bits per heavy atom. The summed E-state index contributed by atoms with van der Waals surface area (Å²) in [4.78, 5) is 23.0. The largest absolute Gasteiger partial charge is 0.505 e. The van der Waals surface area contributed by atoms with Gasteiger partial charge in [0.15, 0.2) is 5.78 Å². The van der Waals surface area contributed by atoms with Crippen LogP contribution in [0.5, 0.6) is 0 Å². The van der Waals surface area contributed by atoms with Gasteiger partial charge in [-0.05, 0) is 98.4 Å². The Kier molecular flexibility index (Phi) is 4.08. The van der Waals surface area contributed by atoms with Gasteiger partial charge < -0.3 is 14.9 Å². The molecule has 0 spiro atoms. The van der Waals surface area contributed by atoms with Gasteiger partial charge in [0.25, 0.3) is 0 Å². The predicted molar refractivity (Wildman–Crippen MR) is 110 cm³/mol. The molecule has 30 heavy (non-hydrogen) atoms. The Morgan fingerprint density at radius 1 is 1.20 bits per heavy atom. The van der Waals surface area contributed by atoms with Crippen LogP contribution in [-0.2, 0) is 9.53 Å². The molecule has 0 bridgehead atoms. The fraction of sp³-hybridized carbons (Fsp3) is 0.840. The highest BCUT2D eigenvalue weighted by atomic mass is 16.7. The molecule has 0 unspecified atom stereocenters. The van der Waals surface area contributed by atoms with Gasteiger partial charge in [-0.1, -0.05) is 12.5 Å². The maximum absolute atomic E-state index is 12.1. The predicted octanol–water partition coefficient (Wildman–Crippen LogP) is 4.44. The Bertz CT molecular complexity index is 814. The first-order valence-electron chi connectivity index (χ1n) is 12.1. The average Bonchev–Trinajstić information content (AvgIpc) is 3.59. The summed E-state index contributed by atoms with van der Waals surface area (Å²) in [6.07, 6.45) is 9.92. The van der Waals surface area contributed by atoms with Gasteiger partial charge in [-0.2, -0.15) is 0 Å². The topological polar surface area (TPSA) is 83.8 Å². The quantitative estimate of drug-likeness (QED) is 0.665. The van der Waals surface area contributed by atoms with Crippen LogP contribution in [0.4, 0.5) is 4.79 Å². The molecule has 5 saturated carbocycles. The number of fused-ring (bicyclic) bond motifs is 7. The number of aliphatic hydroxyl groups is 1. The molecule has 5 fully saturated rings. The Morgan fingerprint density at radius 2 is 2.00 bits per heavy atom. The molecular weight excluding hydrogens is 380 g/mol. The van der Waals surface area contributed by atoms with Crippen LogP contribution in [0.2, 0.25) is 0 Å². The van der Waals surface area contributed by atoms with Crippen molar-refractivity contribution in [3.63, 3.8) is 0 Å². The van der Waals surface area contributed by atoms with Crippen molar-refractivity contribution in [2.75, 3.05) is 6.61 Å². The lowest BCUT2D eigenvalue weighted by Crippen LogP contribution is -2.57. The van der Waals surface area contributed by atoms with Crippen LogP contribution < -0.4 is 0 Å². The molecule has 5 nitrogen and oxygen atoms in total. The van der Waals surface area contributed by atoms with Gasteiger partial charge >= 0.3 is 6.16 Å². The minimum atomic E-state index is -1.25. The molecule has 0 radical (unpaired) electrons. The van der Waals surface area contributed by atoms with Crippen molar-refractivity contribution in [3.05, 3.63) is 11.6 Å². The van der Waals surface area contributed by atoms with Crippen molar-refractivity contribution in [2.24, 2.45) is 52.8 Å². The lowest BCUT2D eigenvalue weighted by molar-refractivity contribution is -0.157. The Labute approximate surface area is 178 Å². The van der Waals surface area contributed by atoms with Crippen molar-refractivity contribution in [2.45, 2.75) is 70.3 Å². The third-order valence-electron chi connectivity index (χ3n) is 10.5. The summed E-state index contributed by atoms with van der Waals surface area (Å²) in [5, 5.41) is 20.8. The van der Waals surface area contributed by atoms with E-state index in [1.54, 1.807) is 0 Å². The van der Waals surface area contributed by atoms with E-state index in [4.69, 9.17) is 9.84 Å². The molecular formula is C25H34O5. The lowest BCUT2D eigenvalue weighted by Gasteiger charge is -2.59. The minimum Gasteiger partial charge on any atom is -0.450 e. The number of carboxylic acid groups (broad SMARTS) is 1. The summed E-state index contributed by atoms with van der Waals surface area (Å²) >= 11 is 0. The molecule has 0 aromatic rings. The maximum Gasteiger partial charge on any atom is 0.505 e. The van der Waals surface area contributed by atoms with Crippen molar-refractivity contribution in [3.8, 4) is 0 Å². The van der Waals surface area contributed by atoms with Crippen LogP contribution >= 0.6 is 0 Å². The lowest BCUT2D eigenvalue weighted by atomic mass is 9.46. The number of ether oxygens (including phenoxy) is 1. The van der Waals surface area contributed by atoms with E-state index in [2.05, 4.69) is 6.92 Å². The highest BCUT2D eigenvalue weighted by molar-refractivity contribution is 5.91. The van der Waals surface area contributed by atoms with Crippen LogP contribution in [0.25, 0.3) is 0 Å². The number of ketones is 1. The molecule has 5 heteroatoms. The first-order chi connectivity index (χ1) is 14.3. The number of hydrogen-bond acceptors (Lipinski definition) is 4. The van der Waals surface area contributed by atoms with Gasteiger partial charge in [-0.25, -0.2) is 4.79 Å². The highest BCUT2D eigenvalue weighted by Crippen LogP contribution is 2.77. The first kappa shape index (κ1) is 19.3. The zero-order valence-electron chi connectivity index (χ0n) is 17.9. The van der Waals surface area contributed by atoms with E-state index in [0.717, 1.165) is 38.0 Å². The van der Waals surface area contributed by atoms with E-state index < -0.39 is 11.8 Å². The number of carbonyl (C=O) groups excluding carboxylic acids is 1. The zero-order chi connectivity index (χ0) is 20.8. The van der Waals surface area contributed by atoms with Crippen molar-refractivity contribution in [1.29, 1.82) is 0 Å². The third kappa shape index (κ3) is 2.56. The average molecular weight is 415 g/mol. The number of allylic oxidation sites excluding steroid dienone is 1. The van der Waals surface area contributed by atoms with E-state index in [0.29, 0.717) is 60.1 Å². The molecule has 0 aromatic carbocycles. The van der Waals surface area contributed by atoms with E-state index in [-0.39, 0.29) is 12.0 Å². The Hall–Kier alpha value is -1.36. The van der Waals surface area contributed by atoms with Gasteiger partial charge in [-0.3, -0.25) is 4.79 Å². The van der Waals surface area contributed by atoms with Crippen LogP contribution in [0.15, 0.2) is 11.6 Å². The van der Waals surface area contributed by atoms with Gasteiger partial charge in [0.05, 0.1) is 12.2 Å². The van der Waals surface area contributed by atoms with E-state index in [1.165, 1.54) is 18.4 Å². The van der Waals surface area contributed by atoms with Gasteiger partial charge in [-0.15, -0.1) is 0 Å². The fourth-order valence-electron chi connectivity index (χ4n) is 9.16. The van der Waals surface area contributed by atoms with E-state index in [1.807, 2.05) is 6.08 Å². The molecule has 9 atom stereocenters. The zero-order valence-corrected chi connectivity index (χ0v) is 17.9.